The molecule has 0 amide bonds. The molecular weight excluding hydrogens is 370 g/mol. The lowest BCUT2D eigenvalue weighted by Crippen LogP contribution is -2.35. The predicted molar refractivity (Wildman–Crippen MR) is 120 cm³/mol. The highest BCUT2D eigenvalue weighted by molar-refractivity contribution is 5.40. The molecule has 0 radical (unpaired) electrons. The Kier molecular flexibility index (Phi) is 5.85. The van der Waals surface area contributed by atoms with Gasteiger partial charge in [0.05, 0.1) is 18.0 Å². The first-order valence-corrected chi connectivity index (χ1v) is 11.4. The van der Waals surface area contributed by atoms with Crippen LogP contribution >= 0.6 is 0 Å². The van der Waals surface area contributed by atoms with Crippen LogP contribution in [0.15, 0.2) is 60.7 Å². The van der Waals surface area contributed by atoms with E-state index < -0.39 is 0 Å². The number of aromatic nitrogens is 2. The van der Waals surface area contributed by atoms with Gasteiger partial charge in [-0.2, -0.15) is 4.98 Å². The summed E-state index contributed by atoms with van der Waals surface area (Å²) in [5, 5.41) is 0. The van der Waals surface area contributed by atoms with Crippen molar-refractivity contribution in [3.63, 3.8) is 0 Å². The number of benzene rings is 2. The quantitative estimate of drug-likeness (QED) is 0.579. The van der Waals surface area contributed by atoms with Gasteiger partial charge >= 0.3 is 6.01 Å². The van der Waals surface area contributed by atoms with Crippen molar-refractivity contribution in [2.75, 3.05) is 19.7 Å². The van der Waals surface area contributed by atoms with Crippen LogP contribution in [0.4, 0.5) is 0 Å². The molecule has 4 nitrogen and oxygen atoms in total. The van der Waals surface area contributed by atoms with E-state index in [-0.39, 0.29) is 0 Å². The molecule has 1 saturated heterocycles. The number of rotatable bonds is 6. The summed E-state index contributed by atoms with van der Waals surface area (Å²) in [7, 11) is 0. The zero-order chi connectivity index (χ0) is 20.2. The Morgan fingerprint density at radius 2 is 1.57 bits per heavy atom. The van der Waals surface area contributed by atoms with Crippen molar-refractivity contribution in [3.05, 3.63) is 77.6 Å². The van der Waals surface area contributed by atoms with Gasteiger partial charge in [0, 0.05) is 12.2 Å². The number of nitrogens with zero attached hydrogens (tertiary/aromatic N) is 3. The largest absolute Gasteiger partial charge is 0.464 e. The molecule has 0 N–H and O–H groups in total. The van der Waals surface area contributed by atoms with E-state index in [2.05, 4.69) is 70.1 Å². The van der Waals surface area contributed by atoms with Crippen LogP contribution in [0.1, 0.15) is 42.6 Å². The fraction of sp³-hybridized carbons (Fsp3) is 0.423. The third kappa shape index (κ3) is 4.29. The fourth-order valence-electron chi connectivity index (χ4n) is 4.80. The Morgan fingerprint density at radius 3 is 2.33 bits per heavy atom. The average Bonchev–Trinajstić information content (AvgIpc) is 3.18. The molecule has 2 heterocycles. The van der Waals surface area contributed by atoms with Crippen LogP contribution in [0.3, 0.4) is 0 Å². The summed E-state index contributed by atoms with van der Waals surface area (Å²) < 4.78 is 8.63. The zero-order valence-corrected chi connectivity index (χ0v) is 17.7. The minimum Gasteiger partial charge on any atom is -0.464 e. The molecule has 0 bridgehead atoms. The summed E-state index contributed by atoms with van der Waals surface area (Å²) >= 11 is 0. The van der Waals surface area contributed by atoms with E-state index in [1.165, 1.54) is 48.3 Å². The molecule has 1 fully saturated rings. The summed E-state index contributed by atoms with van der Waals surface area (Å²) in [6.07, 6.45) is 7.03. The number of para-hydroxylation sites is 1. The Hall–Kier alpha value is -2.59. The van der Waals surface area contributed by atoms with Gasteiger partial charge in [0.1, 0.15) is 0 Å². The SMILES string of the molecule is c1ccc(CN2CCC(COc3nc4c(n3-c3ccccc3)CCCC4)CC2)cc1. The maximum atomic E-state index is 6.37. The van der Waals surface area contributed by atoms with Crippen molar-refractivity contribution in [1.29, 1.82) is 0 Å². The molecule has 156 valence electrons. The van der Waals surface area contributed by atoms with Crippen LogP contribution in [0.25, 0.3) is 5.69 Å². The standard InChI is InChI=1S/C26H31N3O/c1-3-9-21(10-4-1)19-28-17-15-22(16-18-28)20-30-26-27-24-13-7-8-14-25(24)29(26)23-11-5-2-6-12-23/h1-6,9-12,22H,7-8,13-20H2. The molecule has 1 aromatic heterocycles. The van der Waals surface area contributed by atoms with Crippen molar-refractivity contribution in [1.82, 2.24) is 14.5 Å². The molecule has 0 unspecified atom stereocenters. The first-order chi connectivity index (χ1) is 14.9. The number of aryl methyl sites for hydroxylation is 1. The van der Waals surface area contributed by atoms with Crippen molar-refractivity contribution < 1.29 is 4.74 Å². The zero-order valence-electron chi connectivity index (χ0n) is 17.7. The molecular formula is C26H31N3O. The minimum atomic E-state index is 0.606. The first kappa shape index (κ1) is 19.4. The molecule has 2 aliphatic rings. The lowest BCUT2D eigenvalue weighted by molar-refractivity contribution is 0.131. The van der Waals surface area contributed by atoms with Crippen LogP contribution in [-0.2, 0) is 19.4 Å². The summed E-state index contributed by atoms with van der Waals surface area (Å²) in [5.74, 6) is 0.606. The van der Waals surface area contributed by atoms with E-state index in [0.717, 1.165) is 45.1 Å². The fourth-order valence-corrected chi connectivity index (χ4v) is 4.80. The van der Waals surface area contributed by atoms with Gasteiger partial charge in [-0.15, -0.1) is 0 Å². The van der Waals surface area contributed by atoms with Gasteiger partial charge in [-0.3, -0.25) is 9.47 Å². The number of hydrogen-bond acceptors (Lipinski definition) is 3. The molecule has 5 rings (SSSR count). The second-order valence-electron chi connectivity index (χ2n) is 8.68. The molecule has 4 heteroatoms. The predicted octanol–water partition coefficient (Wildman–Crippen LogP) is 5.04. The molecule has 0 saturated carbocycles. The highest BCUT2D eigenvalue weighted by Crippen LogP contribution is 2.30. The number of fused-ring (bicyclic) bond motifs is 1. The van der Waals surface area contributed by atoms with Gasteiger partial charge in [0.25, 0.3) is 0 Å². The molecule has 2 aromatic carbocycles. The maximum absolute atomic E-state index is 6.37. The Bertz CT molecular complexity index is 943. The van der Waals surface area contributed by atoms with Gasteiger partial charge in [0.15, 0.2) is 0 Å². The van der Waals surface area contributed by atoms with E-state index in [1.54, 1.807) is 0 Å². The van der Waals surface area contributed by atoms with E-state index in [9.17, 15) is 0 Å². The van der Waals surface area contributed by atoms with Gasteiger partial charge in [-0.05, 0) is 75.2 Å². The molecule has 0 spiro atoms. The van der Waals surface area contributed by atoms with E-state index in [4.69, 9.17) is 9.72 Å². The van der Waals surface area contributed by atoms with Gasteiger partial charge in [-0.25, -0.2) is 0 Å². The van der Waals surface area contributed by atoms with E-state index in [1.807, 2.05) is 0 Å². The Labute approximate surface area is 179 Å². The molecule has 1 aliphatic carbocycles. The topological polar surface area (TPSA) is 30.3 Å². The Balaban J connectivity index is 1.22. The van der Waals surface area contributed by atoms with Crippen LogP contribution in [0.2, 0.25) is 0 Å². The molecule has 0 atom stereocenters. The Morgan fingerprint density at radius 1 is 0.867 bits per heavy atom. The second kappa shape index (κ2) is 9.05. The lowest BCUT2D eigenvalue weighted by atomic mass is 9.97. The minimum absolute atomic E-state index is 0.606. The van der Waals surface area contributed by atoms with Crippen molar-refractivity contribution >= 4 is 0 Å². The number of piperidine rings is 1. The highest BCUT2D eigenvalue weighted by atomic mass is 16.5. The number of hydrogen-bond donors (Lipinski definition) is 0. The highest BCUT2D eigenvalue weighted by Gasteiger charge is 2.24. The second-order valence-corrected chi connectivity index (χ2v) is 8.68. The summed E-state index contributed by atoms with van der Waals surface area (Å²) in [4.78, 5) is 7.48. The maximum Gasteiger partial charge on any atom is 0.301 e. The normalized spacial score (nSPS) is 17.6. The summed E-state index contributed by atoms with van der Waals surface area (Å²) in [6, 6.07) is 22.2. The van der Waals surface area contributed by atoms with Crippen LogP contribution in [0, 0.1) is 5.92 Å². The van der Waals surface area contributed by atoms with Crippen LogP contribution in [0.5, 0.6) is 6.01 Å². The van der Waals surface area contributed by atoms with Crippen LogP contribution in [-0.4, -0.2) is 34.1 Å². The average molecular weight is 402 g/mol. The smallest absolute Gasteiger partial charge is 0.301 e. The molecule has 30 heavy (non-hydrogen) atoms. The van der Waals surface area contributed by atoms with Crippen molar-refractivity contribution in [2.45, 2.75) is 45.1 Å². The van der Waals surface area contributed by atoms with Gasteiger partial charge in [0.2, 0.25) is 0 Å². The van der Waals surface area contributed by atoms with E-state index >= 15 is 0 Å². The van der Waals surface area contributed by atoms with Crippen molar-refractivity contribution in [3.8, 4) is 11.7 Å². The molecule has 3 aromatic rings. The summed E-state index contributed by atoms with van der Waals surface area (Å²) in [5.41, 5.74) is 5.15. The van der Waals surface area contributed by atoms with Crippen molar-refractivity contribution in [2.24, 2.45) is 5.92 Å². The number of ether oxygens (including phenoxy) is 1. The van der Waals surface area contributed by atoms with Crippen LogP contribution < -0.4 is 4.74 Å². The lowest BCUT2D eigenvalue weighted by Gasteiger charge is -2.31. The number of imidazole rings is 1. The van der Waals surface area contributed by atoms with Gasteiger partial charge in [-0.1, -0.05) is 48.5 Å². The van der Waals surface area contributed by atoms with Gasteiger partial charge < -0.3 is 4.74 Å². The van der Waals surface area contributed by atoms with E-state index in [0.29, 0.717) is 5.92 Å². The third-order valence-corrected chi connectivity index (χ3v) is 6.52. The summed E-state index contributed by atoms with van der Waals surface area (Å²) in [6.45, 7) is 4.11. The monoisotopic (exact) mass is 401 g/mol. The first-order valence-electron chi connectivity index (χ1n) is 11.4. The third-order valence-electron chi connectivity index (χ3n) is 6.52. The molecule has 1 aliphatic heterocycles. The number of likely N-dealkylation sites (tertiary alicyclic amines) is 1.